The van der Waals surface area contributed by atoms with Crippen LogP contribution in [0.4, 0.5) is 0 Å². The Kier molecular flexibility index (Phi) is 6.08. The Morgan fingerprint density at radius 2 is 1.97 bits per heavy atom. The van der Waals surface area contributed by atoms with Gasteiger partial charge in [0, 0.05) is 48.4 Å². The van der Waals surface area contributed by atoms with Gasteiger partial charge in [-0.25, -0.2) is 0 Å². The van der Waals surface area contributed by atoms with Crippen LogP contribution in [-0.2, 0) is 11.2 Å². The number of nitrogens with zero attached hydrogens (tertiary/aromatic N) is 3. The maximum Gasteiger partial charge on any atom is 0.248 e. The van der Waals surface area contributed by atoms with Crippen LogP contribution in [0.25, 0.3) is 11.5 Å². The number of benzene rings is 1. The van der Waals surface area contributed by atoms with Gasteiger partial charge in [-0.05, 0) is 43.7 Å². The van der Waals surface area contributed by atoms with Crippen LogP contribution < -0.4 is 0 Å². The number of aromatic nitrogens is 2. The van der Waals surface area contributed by atoms with Crippen LogP contribution in [0, 0.1) is 19.8 Å². The van der Waals surface area contributed by atoms with E-state index in [-0.39, 0.29) is 17.6 Å². The zero-order chi connectivity index (χ0) is 21.1. The minimum atomic E-state index is -0.0143. The molecule has 1 amide bonds. The van der Waals surface area contributed by atoms with E-state index in [1.54, 1.807) is 11.3 Å². The fraction of sp³-hybridized carbons (Fsp3) is 0.391. The van der Waals surface area contributed by atoms with Crippen molar-refractivity contribution in [3.8, 4) is 11.5 Å². The zero-order valence-electron chi connectivity index (χ0n) is 17.3. The van der Waals surface area contributed by atoms with Crippen molar-refractivity contribution >= 4 is 23.0 Å². The lowest BCUT2D eigenvalue weighted by atomic mass is 9.87. The summed E-state index contributed by atoms with van der Waals surface area (Å²) in [6.45, 7) is 5.25. The third kappa shape index (κ3) is 4.51. The summed E-state index contributed by atoms with van der Waals surface area (Å²) in [4.78, 5) is 27.3. The molecule has 0 N–H and O–H groups in total. The number of hydrogen-bond donors (Lipinski definition) is 0. The first kappa shape index (κ1) is 20.5. The number of aryl methyl sites for hydroxylation is 3. The molecule has 3 heterocycles. The first-order valence-electron chi connectivity index (χ1n) is 10.3. The lowest BCUT2D eigenvalue weighted by molar-refractivity contribution is -0.132. The Labute approximate surface area is 179 Å². The topological polar surface area (TPSA) is 76.3 Å². The molecule has 2 aromatic heterocycles. The molecule has 1 fully saturated rings. The molecule has 0 unspecified atom stereocenters. The highest BCUT2D eigenvalue weighted by Gasteiger charge is 2.28. The van der Waals surface area contributed by atoms with Crippen LogP contribution in [0.1, 0.15) is 46.6 Å². The van der Waals surface area contributed by atoms with E-state index in [1.807, 2.05) is 53.8 Å². The Hall–Kier alpha value is -2.80. The highest BCUT2D eigenvalue weighted by atomic mass is 32.1. The number of piperidine rings is 1. The summed E-state index contributed by atoms with van der Waals surface area (Å²) in [6.07, 6.45) is 2.18. The molecule has 4 rings (SSSR count). The molecule has 0 atom stereocenters. The Morgan fingerprint density at radius 1 is 1.17 bits per heavy atom. The Morgan fingerprint density at radius 3 is 2.67 bits per heavy atom. The van der Waals surface area contributed by atoms with Gasteiger partial charge in [-0.2, -0.15) is 11.3 Å². The van der Waals surface area contributed by atoms with Crippen LogP contribution in [0.3, 0.4) is 0 Å². The van der Waals surface area contributed by atoms with Gasteiger partial charge in [0.15, 0.2) is 5.78 Å². The van der Waals surface area contributed by atoms with Crippen LogP contribution in [0.2, 0.25) is 0 Å². The molecule has 30 heavy (non-hydrogen) atoms. The second-order valence-electron chi connectivity index (χ2n) is 7.85. The predicted molar refractivity (Wildman–Crippen MR) is 115 cm³/mol. The minimum absolute atomic E-state index is 0.0143. The number of thiophene rings is 1. The van der Waals surface area contributed by atoms with E-state index in [2.05, 4.69) is 10.2 Å². The lowest BCUT2D eigenvalue weighted by Crippen LogP contribution is -2.40. The first-order chi connectivity index (χ1) is 14.5. The average molecular weight is 424 g/mol. The smallest absolute Gasteiger partial charge is 0.248 e. The lowest BCUT2D eigenvalue weighted by Gasteiger charge is -2.31. The average Bonchev–Trinajstić information content (AvgIpc) is 3.43. The van der Waals surface area contributed by atoms with Crippen molar-refractivity contribution in [2.75, 3.05) is 13.1 Å². The van der Waals surface area contributed by atoms with Gasteiger partial charge in [0.2, 0.25) is 17.7 Å². The Bertz CT molecular complexity index is 1030. The summed E-state index contributed by atoms with van der Waals surface area (Å²) in [5.74, 6) is 1.22. The van der Waals surface area contributed by atoms with Crippen LogP contribution in [0.5, 0.6) is 0 Å². The zero-order valence-corrected chi connectivity index (χ0v) is 18.1. The molecular weight excluding hydrogens is 398 g/mol. The molecule has 0 spiro atoms. The second-order valence-corrected chi connectivity index (χ2v) is 8.63. The Balaban J connectivity index is 1.27. The van der Waals surface area contributed by atoms with E-state index in [4.69, 9.17) is 4.42 Å². The largest absolute Gasteiger partial charge is 0.421 e. The molecule has 156 valence electrons. The molecule has 1 aromatic carbocycles. The van der Waals surface area contributed by atoms with E-state index in [1.165, 1.54) is 0 Å². The van der Waals surface area contributed by atoms with Crippen molar-refractivity contribution in [3.05, 3.63) is 57.6 Å². The molecule has 1 saturated heterocycles. The first-order valence-corrected chi connectivity index (χ1v) is 11.2. The summed E-state index contributed by atoms with van der Waals surface area (Å²) >= 11 is 1.57. The van der Waals surface area contributed by atoms with Crippen molar-refractivity contribution < 1.29 is 14.0 Å². The quantitative estimate of drug-likeness (QED) is 0.547. The molecular formula is C23H25N3O3S. The van der Waals surface area contributed by atoms with Crippen molar-refractivity contribution in [1.29, 1.82) is 0 Å². The van der Waals surface area contributed by atoms with E-state index in [9.17, 15) is 9.59 Å². The van der Waals surface area contributed by atoms with Gasteiger partial charge in [-0.15, -0.1) is 10.2 Å². The molecule has 0 aliphatic carbocycles. The fourth-order valence-electron chi connectivity index (χ4n) is 3.93. The van der Waals surface area contributed by atoms with E-state index >= 15 is 0 Å². The standard InChI is InChI=1S/C23H25N3O3S/c1-15-3-4-19(16(2)13-15)22(28)17-7-10-26(11-8-17)21(27)6-5-20-24-25-23(29-20)18-9-12-30-14-18/h3-4,9,12-14,17H,5-8,10-11H2,1-2H3. The van der Waals surface area contributed by atoms with E-state index in [0.29, 0.717) is 50.6 Å². The monoisotopic (exact) mass is 423 g/mol. The normalized spacial score (nSPS) is 14.8. The summed E-state index contributed by atoms with van der Waals surface area (Å²) < 4.78 is 5.65. The van der Waals surface area contributed by atoms with E-state index in [0.717, 1.165) is 22.3 Å². The van der Waals surface area contributed by atoms with Crippen molar-refractivity contribution in [2.24, 2.45) is 5.92 Å². The van der Waals surface area contributed by atoms with Gasteiger partial charge in [0.25, 0.3) is 0 Å². The number of carbonyl (C=O) groups is 2. The summed E-state index contributed by atoms with van der Waals surface area (Å²) in [5.41, 5.74) is 3.90. The van der Waals surface area contributed by atoms with Gasteiger partial charge in [-0.3, -0.25) is 9.59 Å². The molecule has 0 saturated carbocycles. The van der Waals surface area contributed by atoms with Gasteiger partial charge in [0.1, 0.15) is 0 Å². The number of likely N-dealkylation sites (tertiary alicyclic amines) is 1. The maximum atomic E-state index is 12.9. The van der Waals surface area contributed by atoms with Crippen molar-refractivity contribution in [2.45, 2.75) is 39.5 Å². The van der Waals surface area contributed by atoms with Crippen LogP contribution in [-0.4, -0.2) is 39.9 Å². The molecule has 6 nitrogen and oxygen atoms in total. The van der Waals surface area contributed by atoms with E-state index < -0.39 is 0 Å². The molecule has 7 heteroatoms. The highest BCUT2D eigenvalue weighted by Crippen LogP contribution is 2.25. The number of carbonyl (C=O) groups excluding carboxylic acids is 2. The molecule has 1 aliphatic rings. The molecule has 3 aromatic rings. The highest BCUT2D eigenvalue weighted by molar-refractivity contribution is 7.08. The number of hydrogen-bond acceptors (Lipinski definition) is 6. The van der Waals surface area contributed by atoms with Crippen molar-refractivity contribution in [1.82, 2.24) is 15.1 Å². The van der Waals surface area contributed by atoms with Gasteiger partial charge >= 0.3 is 0 Å². The molecule has 0 radical (unpaired) electrons. The number of amides is 1. The number of ketones is 1. The predicted octanol–water partition coefficient (Wildman–Crippen LogP) is 4.47. The van der Waals surface area contributed by atoms with Gasteiger partial charge in [0.05, 0.1) is 0 Å². The second kappa shape index (κ2) is 8.92. The minimum Gasteiger partial charge on any atom is -0.421 e. The molecule has 0 bridgehead atoms. The number of rotatable bonds is 6. The summed E-state index contributed by atoms with van der Waals surface area (Å²) in [7, 11) is 0. The van der Waals surface area contributed by atoms with Gasteiger partial charge in [-0.1, -0.05) is 23.8 Å². The third-order valence-electron chi connectivity index (χ3n) is 5.65. The molecule has 1 aliphatic heterocycles. The SMILES string of the molecule is Cc1ccc(C(=O)C2CCN(C(=O)CCc3nnc(-c4ccsc4)o3)CC2)c(C)c1. The van der Waals surface area contributed by atoms with Crippen LogP contribution >= 0.6 is 11.3 Å². The van der Waals surface area contributed by atoms with Crippen molar-refractivity contribution in [3.63, 3.8) is 0 Å². The summed E-state index contributed by atoms with van der Waals surface area (Å²) in [5, 5.41) is 12.0. The maximum absolute atomic E-state index is 12.9. The third-order valence-corrected chi connectivity index (χ3v) is 6.34. The summed E-state index contributed by atoms with van der Waals surface area (Å²) in [6, 6.07) is 7.89. The number of Topliss-reactive ketones (excluding diaryl/α,β-unsaturated/α-hetero) is 1. The fourth-order valence-corrected chi connectivity index (χ4v) is 4.56. The van der Waals surface area contributed by atoms with Crippen LogP contribution in [0.15, 0.2) is 39.4 Å². The van der Waals surface area contributed by atoms with Gasteiger partial charge < -0.3 is 9.32 Å².